The van der Waals surface area contributed by atoms with Crippen LogP contribution in [0.25, 0.3) is 0 Å². The van der Waals surface area contributed by atoms with Crippen LogP contribution in [0.15, 0.2) is 12.4 Å². The molecule has 0 bridgehead atoms. The van der Waals surface area contributed by atoms with Crippen LogP contribution < -0.4 is 14.9 Å². The van der Waals surface area contributed by atoms with E-state index < -0.39 is 7.32 Å². The van der Waals surface area contributed by atoms with Crippen molar-refractivity contribution in [1.82, 2.24) is 15.3 Å². The normalized spacial score (nSPS) is 19.6. The lowest BCUT2D eigenvalue weighted by Crippen LogP contribution is -2.38. The Bertz CT molecular complexity index is 442. The lowest BCUT2D eigenvalue weighted by molar-refractivity contribution is -0.120. The summed E-state index contributed by atoms with van der Waals surface area (Å²) in [5.74, 6) is 0.650. The largest absolute Gasteiger partial charge is 0.707 e. The zero-order valence-corrected chi connectivity index (χ0v) is 10.5. The Balaban J connectivity index is 2.09. The van der Waals surface area contributed by atoms with E-state index in [1.54, 1.807) is 0 Å². The first kappa shape index (κ1) is 13.6. The molecule has 2 rings (SSSR count). The number of aromatic nitrogens is 2. The van der Waals surface area contributed by atoms with Gasteiger partial charge in [-0.15, -0.1) is 0 Å². The van der Waals surface area contributed by atoms with Gasteiger partial charge in [0.1, 0.15) is 5.75 Å². The molecule has 1 aliphatic heterocycles. The van der Waals surface area contributed by atoms with Gasteiger partial charge in [-0.2, -0.15) is 0 Å². The molecule has 1 aromatic heterocycles. The van der Waals surface area contributed by atoms with E-state index >= 15 is 0 Å². The number of hydrogen-bond donors (Lipinski definition) is 3. The number of carbonyl (C=O) groups excluding carboxylic acids is 1. The molecule has 3 N–H and O–H groups in total. The van der Waals surface area contributed by atoms with Crippen molar-refractivity contribution < 1.29 is 19.5 Å². The van der Waals surface area contributed by atoms with Gasteiger partial charge in [-0.1, -0.05) is 0 Å². The summed E-state index contributed by atoms with van der Waals surface area (Å²) in [6, 6.07) is 0.0849. The lowest BCUT2D eigenvalue weighted by atomic mass is 10.2. The van der Waals surface area contributed by atoms with E-state index in [0.717, 1.165) is 0 Å². The zero-order chi connectivity index (χ0) is 13.8. The highest BCUT2D eigenvalue weighted by atomic mass is 16.6. The molecule has 2 heterocycles. The average molecular weight is 266 g/mol. The van der Waals surface area contributed by atoms with Crippen LogP contribution in [-0.4, -0.2) is 52.4 Å². The van der Waals surface area contributed by atoms with Crippen LogP contribution in [0.5, 0.6) is 5.75 Å². The summed E-state index contributed by atoms with van der Waals surface area (Å²) in [7, 11) is -1.90. The Morgan fingerprint density at radius 3 is 2.79 bits per heavy atom. The van der Waals surface area contributed by atoms with Crippen LogP contribution in [0.1, 0.15) is 13.3 Å². The molecule has 0 radical (unpaired) electrons. The van der Waals surface area contributed by atoms with Gasteiger partial charge in [-0.3, -0.25) is 4.79 Å². The van der Waals surface area contributed by atoms with E-state index in [-0.39, 0.29) is 17.7 Å². The van der Waals surface area contributed by atoms with Crippen molar-refractivity contribution in [3.05, 3.63) is 12.4 Å². The van der Waals surface area contributed by atoms with E-state index in [1.807, 2.05) is 11.8 Å². The van der Waals surface area contributed by atoms with E-state index in [2.05, 4.69) is 19.9 Å². The van der Waals surface area contributed by atoms with Crippen molar-refractivity contribution >= 4 is 19.2 Å². The number of nitrogens with zero attached hydrogens (tertiary/aromatic N) is 3. The van der Waals surface area contributed by atoms with E-state index in [1.165, 1.54) is 12.4 Å². The first-order valence-corrected chi connectivity index (χ1v) is 5.94. The SMILES string of the molecule is CC1CNC(=O)CCN1c1ncc(OB(O)O)cn1. The van der Waals surface area contributed by atoms with Crippen molar-refractivity contribution in [2.24, 2.45) is 0 Å². The molecule has 102 valence electrons. The Morgan fingerprint density at radius 2 is 2.16 bits per heavy atom. The highest BCUT2D eigenvalue weighted by molar-refractivity contribution is 6.33. The van der Waals surface area contributed by atoms with Gasteiger partial charge < -0.3 is 24.9 Å². The van der Waals surface area contributed by atoms with Gasteiger partial charge in [0.05, 0.1) is 12.4 Å². The molecule has 1 aromatic rings. The van der Waals surface area contributed by atoms with Crippen LogP contribution in [-0.2, 0) is 4.79 Å². The Labute approximate surface area is 110 Å². The Morgan fingerprint density at radius 1 is 1.47 bits per heavy atom. The molecular formula is C10H15BN4O4. The lowest BCUT2D eigenvalue weighted by Gasteiger charge is -2.26. The van der Waals surface area contributed by atoms with Gasteiger partial charge in [0.2, 0.25) is 11.9 Å². The third kappa shape index (κ3) is 3.55. The number of hydrogen-bond acceptors (Lipinski definition) is 7. The molecule has 0 aliphatic carbocycles. The summed E-state index contributed by atoms with van der Waals surface area (Å²) in [5, 5.41) is 20.1. The maximum atomic E-state index is 11.3. The second-order valence-electron chi connectivity index (χ2n) is 4.26. The van der Waals surface area contributed by atoms with Gasteiger partial charge in [-0.25, -0.2) is 9.97 Å². The standard InChI is InChI=1S/C10H15BN4O4/c1-7-4-12-9(16)2-3-15(7)10-13-5-8(6-14-10)19-11(17)18/h5-7,17-18H,2-4H2,1H3,(H,12,16). The van der Waals surface area contributed by atoms with Crippen molar-refractivity contribution in [2.75, 3.05) is 18.0 Å². The summed E-state index contributed by atoms with van der Waals surface area (Å²) < 4.78 is 4.63. The predicted molar refractivity (Wildman–Crippen MR) is 67.3 cm³/mol. The summed E-state index contributed by atoms with van der Waals surface area (Å²) in [6.45, 7) is 3.04. The summed E-state index contributed by atoms with van der Waals surface area (Å²) >= 11 is 0. The van der Waals surface area contributed by atoms with Gasteiger partial charge >= 0.3 is 7.32 Å². The monoisotopic (exact) mass is 266 g/mol. The maximum Gasteiger partial charge on any atom is 0.707 e. The molecule has 0 aromatic carbocycles. The molecule has 1 atom stereocenters. The Hall–Kier alpha value is -1.87. The fourth-order valence-corrected chi connectivity index (χ4v) is 1.84. The fourth-order valence-electron chi connectivity index (χ4n) is 1.84. The second kappa shape index (κ2) is 5.85. The zero-order valence-electron chi connectivity index (χ0n) is 10.5. The molecule has 9 heteroatoms. The maximum absolute atomic E-state index is 11.3. The summed E-state index contributed by atoms with van der Waals surface area (Å²) in [5.41, 5.74) is 0. The molecular weight excluding hydrogens is 251 g/mol. The first-order chi connectivity index (χ1) is 9.06. The van der Waals surface area contributed by atoms with Crippen LogP contribution in [0.3, 0.4) is 0 Å². The minimum Gasteiger partial charge on any atom is -0.509 e. The highest BCUT2D eigenvalue weighted by Gasteiger charge is 2.22. The number of nitrogens with one attached hydrogen (secondary N) is 1. The highest BCUT2D eigenvalue weighted by Crippen LogP contribution is 2.16. The van der Waals surface area contributed by atoms with Crippen molar-refractivity contribution in [3.8, 4) is 5.75 Å². The number of rotatable bonds is 3. The third-order valence-electron chi connectivity index (χ3n) is 2.82. The Kier molecular flexibility index (Phi) is 4.18. The van der Waals surface area contributed by atoms with Crippen LogP contribution in [0.2, 0.25) is 0 Å². The third-order valence-corrected chi connectivity index (χ3v) is 2.82. The predicted octanol–water partition coefficient (Wildman–Crippen LogP) is -1.46. The first-order valence-electron chi connectivity index (χ1n) is 5.94. The van der Waals surface area contributed by atoms with Gasteiger partial charge in [-0.05, 0) is 6.92 Å². The fraction of sp³-hybridized carbons (Fsp3) is 0.500. The van der Waals surface area contributed by atoms with Crippen molar-refractivity contribution in [2.45, 2.75) is 19.4 Å². The summed E-state index contributed by atoms with van der Waals surface area (Å²) in [6.07, 6.45) is 3.10. The minimum atomic E-state index is -1.90. The van der Waals surface area contributed by atoms with Gasteiger partial charge in [0.25, 0.3) is 0 Å². The van der Waals surface area contributed by atoms with E-state index in [0.29, 0.717) is 25.5 Å². The topological polar surface area (TPSA) is 108 Å². The molecule has 1 aliphatic rings. The number of anilines is 1. The van der Waals surface area contributed by atoms with Gasteiger partial charge in [0.15, 0.2) is 0 Å². The number of carbonyl (C=O) groups is 1. The minimum absolute atomic E-state index is 0.0118. The molecule has 0 spiro atoms. The van der Waals surface area contributed by atoms with E-state index in [4.69, 9.17) is 10.0 Å². The van der Waals surface area contributed by atoms with Gasteiger partial charge in [0, 0.05) is 25.6 Å². The second-order valence-corrected chi connectivity index (χ2v) is 4.26. The smallest absolute Gasteiger partial charge is 0.509 e. The molecule has 0 saturated carbocycles. The van der Waals surface area contributed by atoms with Crippen LogP contribution in [0.4, 0.5) is 5.95 Å². The number of amides is 1. The summed E-state index contributed by atoms with van der Waals surface area (Å²) in [4.78, 5) is 21.4. The average Bonchev–Trinajstić information content (AvgIpc) is 2.53. The molecule has 1 fully saturated rings. The molecule has 1 amide bonds. The van der Waals surface area contributed by atoms with Crippen molar-refractivity contribution in [3.63, 3.8) is 0 Å². The molecule has 1 saturated heterocycles. The quantitative estimate of drug-likeness (QED) is 0.574. The molecule has 19 heavy (non-hydrogen) atoms. The molecule has 1 unspecified atom stereocenters. The van der Waals surface area contributed by atoms with Crippen LogP contribution >= 0.6 is 0 Å². The van der Waals surface area contributed by atoms with Crippen molar-refractivity contribution in [1.29, 1.82) is 0 Å². The van der Waals surface area contributed by atoms with E-state index in [9.17, 15) is 4.79 Å². The molecule has 8 nitrogen and oxygen atoms in total. The van der Waals surface area contributed by atoms with Crippen LogP contribution in [0, 0.1) is 0 Å².